The molecule has 0 aliphatic carbocycles. The average molecular weight is 698 g/mol. The maximum absolute atomic E-state index is 13.7. The molecule has 4 aromatic carbocycles. The second-order valence-electron chi connectivity index (χ2n) is 13.5. The summed E-state index contributed by atoms with van der Waals surface area (Å²) in [6.45, 7) is 7.00. The van der Waals surface area contributed by atoms with Gasteiger partial charge in [-0.05, 0) is 80.2 Å². The third-order valence-corrected chi connectivity index (χ3v) is 11.2. The topological polar surface area (TPSA) is 117 Å². The molecule has 0 saturated carbocycles. The molecule has 10 heteroatoms. The summed E-state index contributed by atoms with van der Waals surface area (Å²) in [5, 5.41) is 12.5. The zero-order chi connectivity index (χ0) is 35.1. The summed E-state index contributed by atoms with van der Waals surface area (Å²) in [5.41, 5.74) is 4.99. The lowest BCUT2D eigenvalue weighted by Gasteiger charge is -2.43. The molecule has 0 aromatic heterocycles. The fourth-order valence-electron chi connectivity index (χ4n) is 6.69. The maximum Gasteiger partial charge on any atom is 0.242 e. The van der Waals surface area contributed by atoms with Crippen molar-refractivity contribution < 1.29 is 27.8 Å². The van der Waals surface area contributed by atoms with Gasteiger partial charge in [-0.25, -0.2) is 8.42 Å². The third-order valence-electron chi connectivity index (χ3n) is 9.69. The van der Waals surface area contributed by atoms with Crippen molar-refractivity contribution in [3.05, 3.63) is 131 Å². The van der Waals surface area contributed by atoms with Gasteiger partial charge in [0.05, 0.1) is 23.7 Å². The number of nitrogens with one attached hydrogen (secondary N) is 2. The predicted octanol–water partition coefficient (Wildman–Crippen LogP) is 6.29. The lowest BCUT2D eigenvalue weighted by molar-refractivity contribution is -0.276. The van der Waals surface area contributed by atoms with Gasteiger partial charge >= 0.3 is 0 Å². The highest BCUT2D eigenvalue weighted by atomic mass is 32.2. The van der Waals surface area contributed by atoms with Crippen LogP contribution >= 0.6 is 0 Å². The van der Waals surface area contributed by atoms with Crippen LogP contribution in [0.5, 0.6) is 0 Å². The van der Waals surface area contributed by atoms with Crippen molar-refractivity contribution >= 4 is 21.6 Å². The van der Waals surface area contributed by atoms with Gasteiger partial charge in [0.15, 0.2) is 6.29 Å². The van der Waals surface area contributed by atoms with Gasteiger partial charge in [0.2, 0.25) is 15.9 Å². The van der Waals surface area contributed by atoms with Crippen molar-refractivity contribution in [2.45, 2.75) is 75.6 Å². The molecule has 6 rings (SSSR count). The fourth-order valence-corrected chi connectivity index (χ4v) is 7.88. The minimum Gasteiger partial charge on any atom is -0.392 e. The van der Waals surface area contributed by atoms with Crippen molar-refractivity contribution in [1.82, 2.24) is 9.62 Å². The molecule has 0 spiro atoms. The van der Waals surface area contributed by atoms with Crippen LogP contribution in [0.3, 0.4) is 0 Å². The Morgan fingerprint density at radius 1 is 0.840 bits per heavy atom. The summed E-state index contributed by atoms with van der Waals surface area (Å²) >= 11 is 0. The van der Waals surface area contributed by atoms with E-state index < -0.39 is 28.3 Å². The normalized spacial score (nSPS) is 22.1. The summed E-state index contributed by atoms with van der Waals surface area (Å²) < 4.78 is 42.6. The number of piperidine rings is 1. The molecular weight excluding hydrogens is 651 g/mol. The van der Waals surface area contributed by atoms with Crippen LogP contribution in [-0.4, -0.2) is 56.1 Å². The van der Waals surface area contributed by atoms with E-state index in [1.165, 1.54) is 31.4 Å². The highest BCUT2D eigenvalue weighted by Crippen LogP contribution is 2.42. The highest BCUT2D eigenvalue weighted by molar-refractivity contribution is 7.89. The van der Waals surface area contributed by atoms with Crippen LogP contribution in [0.4, 0.5) is 5.69 Å². The molecule has 9 nitrogen and oxygen atoms in total. The van der Waals surface area contributed by atoms with Crippen LogP contribution in [0.1, 0.15) is 66.4 Å². The van der Waals surface area contributed by atoms with Gasteiger partial charge in [-0.3, -0.25) is 4.79 Å². The van der Waals surface area contributed by atoms with E-state index in [-0.39, 0.29) is 36.0 Å². The van der Waals surface area contributed by atoms with Crippen LogP contribution in [-0.2, 0) is 37.3 Å². The molecule has 2 fully saturated rings. The monoisotopic (exact) mass is 697 g/mol. The number of sulfonamides is 1. The van der Waals surface area contributed by atoms with E-state index in [0.717, 1.165) is 47.5 Å². The predicted molar refractivity (Wildman–Crippen MR) is 194 cm³/mol. The van der Waals surface area contributed by atoms with Gasteiger partial charge in [0.1, 0.15) is 6.04 Å². The second kappa shape index (κ2) is 16.4. The van der Waals surface area contributed by atoms with Gasteiger partial charge in [-0.2, -0.15) is 4.72 Å². The van der Waals surface area contributed by atoms with E-state index in [2.05, 4.69) is 21.9 Å². The Bertz CT molecular complexity index is 1800. The van der Waals surface area contributed by atoms with E-state index in [1.54, 1.807) is 24.3 Å². The SMILES string of the molecule is Cc1ccc(S(=O)(=O)N[C@H](Cc2ccccc2)C(=O)Nc2ccc([C@H]3O[C@@H](CN4CCCCC4)[C@@H](C)[C@@H](c4ccc(CO)cc4)O3)cc2)cc1. The number of hydrogen-bond donors (Lipinski definition) is 3. The van der Waals surface area contributed by atoms with Crippen LogP contribution in [0, 0.1) is 12.8 Å². The zero-order valence-corrected chi connectivity index (χ0v) is 29.5. The number of rotatable bonds is 12. The second-order valence-corrected chi connectivity index (χ2v) is 15.2. The molecule has 2 aliphatic rings. The van der Waals surface area contributed by atoms with Crippen molar-refractivity contribution in [3.63, 3.8) is 0 Å². The van der Waals surface area contributed by atoms with Crippen molar-refractivity contribution in [3.8, 4) is 0 Å². The van der Waals surface area contributed by atoms with Crippen LogP contribution in [0.2, 0.25) is 0 Å². The molecule has 2 saturated heterocycles. The highest BCUT2D eigenvalue weighted by Gasteiger charge is 2.39. The van der Waals surface area contributed by atoms with E-state index >= 15 is 0 Å². The van der Waals surface area contributed by atoms with Crippen LogP contribution in [0.15, 0.2) is 108 Å². The Balaban J connectivity index is 1.19. The lowest BCUT2D eigenvalue weighted by Crippen LogP contribution is -2.45. The summed E-state index contributed by atoms with van der Waals surface area (Å²) in [6, 6.07) is 30.0. The first-order valence-corrected chi connectivity index (χ1v) is 18.9. The molecule has 3 N–H and O–H groups in total. The zero-order valence-electron chi connectivity index (χ0n) is 28.7. The van der Waals surface area contributed by atoms with Gasteiger partial charge in [0.25, 0.3) is 0 Å². The Kier molecular flexibility index (Phi) is 11.8. The number of hydrogen-bond acceptors (Lipinski definition) is 7. The molecule has 5 atom stereocenters. The summed E-state index contributed by atoms with van der Waals surface area (Å²) in [7, 11) is -3.97. The molecule has 264 valence electrons. The maximum atomic E-state index is 13.7. The largest absolute Gasteiger partial charge is 0.392 e. The minimum atomic E-state index is -3.97. The number of likely N-dealkylation sites (tertiary alicyclic amines) is 1. The van der Waals surface area contributed by atoms with Crippen molar-refractivity contribution in [2.24, 2.45) is 5.92 Å². The number of aliphatic hydroxyl groups excluding tert-OH is 1. The van der Waals surface area contributed by atoms with Crippen LogP contribution in [0.25, 0.3) is 0 Å². The number of aliphatic hydroxyl groups is 1. The van der Waals surface area contributed by atoms with E-state index in [9.17, 15) is 18.3 Å². The Labute approximate surface area is 295 Å². The summed E-state index contributed by atoms with van der Waals surface area (Å²) in [4.78, 5) is 16.3. The first-order valence-electron chi connectivity index (χ1n) is 17.5. The minimum absolute atomic E-state index is 0.0147. The number of aryl methyl sites for hydroxylation is 1. The van der Waals surface area contributed by atoms with Crippen molar-refractivity contribution in [1.29, 1.82) is 0 Å². The first kappa shape index (κ1) is 35.9. The molecular formula is C40H47N3O6S. The number of carbonyl (C=O) groups is 1. The third kappa shape index (κ3) is 9.06. The van der Waals surface area contributed by atoms with Crippen LogP contribution < -0.4 is 10.0 Å². The van der Waals surface area contributed by atoms with Gasteiger partial charge < -0.3 is 24.8 Å². The number of carbonyl (C=O) groups excluding carboxylic acids is 1. The van der Waals surface area contributed by atoms with Crippen molar-refractivity contribution in [2.75, 3.05) is 25.0 Å². The van der Waals surface area contributed by atoms with Gasteiger partial charge in [0, 0.05) is 23.7 Å². The smallest absolute Gasteiger partial charge is 0.242 e. The summed E-state index contributed by atoms with van der Waals surface area (Å²) in [6.07, 6.45) is 2.93. The number of benzene rings is 4. The lowest BCUT2D eigenvalue weighted by atomic mass is 9.89. The molecule has 1 amide bonds. The number of nitrogens with zero attached hydrogens (tertiary/aromatic N) is 1. The molecule has 2 heterocycles. The molecule has 50 heavy (non-hydrogen) atoms. The van der Waals surface area contributed by atoms with Gasteiger partial charge in [-0.1, -0.05) is 97.8 Å². The molecule has 0 unspecified atom stereocenters. The Morgan fingerprint density at radius 2 is 1.50 bits per heavy atom. The standard InChI is InChI=1S/C40H47N3O6S/c1-28-11-21-35(22-12-28)50(46,47)42-36(25-30-9-5-3-6-10-30)39(45)41-34-19-17-33(18-20-34)40-48-37(26-43-23-7-4-8-24-43)29(2)38(49-40)32-15-13-31(27-44)14-16-32/h3,5-6,9-22,29,36-38,40,42,44H,4,7-8,23-27H2,1-2H3,(H,41,45)/t29-,36-,37+,38+,40+/m1/s1. The molecule has 2 aliphatic heterocycles. The number of amides is 1. The van der Waals surface area contributed by atoms with E-state index in [4.69, 9.17) is 9.47 Å². The molecule has 0 bridgehead atoms. The first-order chi connectivity index (χ1) is 24.2. The Hall–Kier alpha value is -3.90. The van der Waals surface area contributed by atoms with E-state index in [0.29, 0.717) is 5.69 Å². The quantitative estimate of drug-likeness (QED) is 0.159. The van der Waals surface area contributed by atoms with Gasteiger partial charge in [-0.15, -0.1) is 0 Å². The average Bonchev–Trinajstić information content (AvgIpc) is 3.13. The Morgan fingerprint density at radius 3 is 2.16 bits per heavy atom. The number of anilines is 1. The van der Waals surface area contributed by atoms with E-state index in [1.807, 2.05) is 73.7 Å². The number of ether oxygens (including phenoxy) is 2. The summed E-state index contributed by atoms with van der Waals surface area (Å²) in [5.74, 6) is -0.374. The fraction of sp³-hybridized carbons (Fsp3) is 0.375. The molecule has 0 radical (unpaired) electrons. The molecule has 4 aromatic rings.